The monoisotopic (exact) mass is 416 g/mol. The van der Waals surface area contributed by atoms with Crippen LogP contribution in [-0.2, 0) is 0 Å². The summed E-state index contributed by atoms with van der Waals surface area (Å²) >= 11 is -4.03. The van der Waals surface area contributed by atoms with Crippen LogP contribution in [0.3, 0.4) is 0 Å². The van der Waals surface area contributed by atoms with Gasteiger partial charge in [-0.15, -0.1) is 0 Å². The fourth-order valence-electron chi connectivity index (χ4n) is 2.93. The third-order valence-electron chi connectivity index (χ3n) is 2.02. The molecule has 0 aliphatic heterocycles. The van der Waals surface area contributed by atoms with Crippen molar-refractivity contribution in [3.8, 4) is 0 Å². The molecule has 0 rings (SSSR count). The van der Waals surface area contributed by atoms with Gasteiger partial charge in [-0.1, -0.05) is 0 Å². The summed E-state index contributed by atoms with van der Waals surface area (Å²) < 4.78 is 3.49. The van der Waals surface area contributed by atoms with Crippen molar-refractivity contribution in [2.45, 2.75) is 51.0 Å². The van der Waals surface area contributed by atoms with Crippen LogP contribution in [0.15, 0.2) is 0 Å². The first kappa shape index (κ1) is 14.9. The Kier molecular flexibility index (Phi) is 5.51. The van der Waals surface area contributed by atoms with E-state index in [0.717, 1.165) is 0 Å². The van der Waals surface area contributed by atoms with Gasteiger partial charge in [-0.3, -0.25) is 0 Å². The van der Waals surface area contributed by atoms with Gasteiger partial charge in [-0.25, -0.2) is 0 Å². The number of hydrogen-bond acceptors (Lipinski definition) is 0. The fraction of sp³-hybridized carbons (Fsp3) is 1.00. The Bertz CT molecular complexity index is 145. The van der Waals surface area contributed by atoms with E-state index in [-0.39, 0.29) is 0 Å². The van der Waals surface area contributed by atoms with Crippen LogP contribution in [0.1, 0.15) is 0 Å². The van der Waals surface area contributed by atoms with Gasteiger partial charge in [0.25, 0.3) is 0 Å². The first-order chi connectivity index (χ1) is 5.41. The van der Waals surface area contributed by atoms with E-state index in [1.165, 1.54) is 0 Å². The second kappa shape index (κ2) is 4.81. The minimum atomic E-state index is -1.55. The summed E-state index contributed by atoms with van der Waals surface area (Å²) in [6.45, 7) is 0. The first-order valence-corrected chi connectivity index (χ1v) is 30.7. The minimum absolute atomic E-state index is 1.24. The van der Waals surface area contributed by atoms with Crippen LogP contribution < -0.4 is 0 Å². The second-order valence-corrected chi connectivity index (χ2v) is 53.5. The molecule has 0 heterocycles. The van der Waals surface area contributed by atoms with Crippen LogP contribution >= 0.6 is 0 Å². The summed E-state index contributed by atoms with van der Waals surface area (Å²) in [5.74, 6) is 15.5. The summed E-state index contributed by atoms with van der Waals surface area (Å²) in [5, 5.41) is 0. The van der Waals surface area contributed by atoms with E-state index in [9.17, 15) is 0 Å². The predicted molar refractivity (Wildman–Crippen MR) is 73.8 cm³/mol. The van der Waals surface area contributed by atoms with Crippen molar-refractivity contribution >= 4 is 44.9 Å². The molecule has 0 aliphatic carbocycles. The molecule has 0 aromatic rings. The third-order valence-corrected chi connectivity index (χ3v) is 70.3. The van der Waals surface area contributed by atoms with E-state index in [0.29, 0.717) is 0 Å². The van der Waals surface area contributed by atoms with Gasteiger partial charge in [-0.2, -0.15) is 0 Å². The van der Waals surface area contributed by atoms with E-state index in [1.54, 1.807) is 6.54 Å². The molecule has 0 atom stereocenters. The maximum atomic E-state index is 2.70. The first-order valence-electron chi connectivity index (χ1n) is 5.41. The Morgan fingerprint density at radius 2 is 0.923 bits per heavy atom. The average Bonchev–Trinajstić information content (AvgIpc) is 1.43. The van der Waals surface area contributed by atoms with Gasteiger partial charge in [0.05, 0.1) is 0 Å². The van der Waals surface area contributed by atoms with Crippen molar-refractivity contribution in [1.29, 1.82) is 0 Å². The Hall–Kier alpha value is 1.88. The molecule has 80 valence electrons. The van der Waals surface area contributed by atoms with Crippen LogP contribution in [-0.4, -0.2) is 44.9 Å². The Morgan fingerprint density at radius 3 is 1.08 bits per heavy atom. The van der Waals surface area contributed by atoms with Crippen molar-refractivity contribution in [1.82, 2.24) is 0 Å². The van der Waals surface area contributed by atoms with Gasteiger partial charge >= 0.3 is 95.9 Å². The molecule has 0 aromatic heterocycles. The zero-order valence-corrected chi connectivity index (χ0v) is 18.0. The van der Waals surface area contributed by atoms with E-state index >= 15 is 0 Å². The standard InChI is InChI=1S/2C4H11Ge.2CH3.Sn/c2*1-5(2,3)4;;;/h2*1H2,2-4H3;2*1H3;. The summed E-state index contributed by atoms with van der Waals surface area (Å²) in [6, 6.07) is 0. The predicted octanol–water partition coefficient (Wildman–Crippen LogP) is 4.45. The number of hydrogen-bond donors (Lipinski definition) is 0. The van der Waals surface area contributed by atoms with Crippen LogP contribution in [0, 0.1) is 0 Å². The molecule has 0 amide bonds. The molecule has 0 saturated heterocycles. The van der Waals surface area contributed by atoms with Crippen molar-refractivity contribution < 1.29 is 0 Å². The van der Waals surface area contributed by atoms with E-state index in [1.807, 2.05) is 0 Å². The Balaban J connectivity index is 4.25. The molecule has 0 nitrogen and oxygen atoms in total. The summed E-state index contributed by atoms with van der Waals surface area (Å²) in [4.78, 5) is 5.39. The topological polar surface area (TPSA) is 0 Å². The van der Waals surface area contributed by atoms with Crippen molar-refractivity contribution in [2.75, 3.05) is 0 Å². The molecular weight excluding hydrogens is 384 g/mol. The van der Waals surface area contributed by atoms with Crippen molar-refractivity contribution in [3.05, 3.63) is 0 Å². The van der Waals surface area contributed by atoms with Crippen LogP contribution in [0.5, 0.6) is 0 Å². The molecule has 0 saturated carbocycles. The van der Waals surface area contributed by atoms with Gasteiger partial charge in [-0.05, 0) is 0 Å². The fourth-order valence-corrected chi connectivity index (χ4v) is 111. The average molecular weight is 412 g/mol. The SMILES string of the molecule is [CH3][Ge]([CH3])([CH3])[CH2][Sn]([CH3])([CH3])[CH2][Ge]([CH3])([CH3])[CH3]. The van der Waals surface area contributed by atoms with Crippen LogP contribution in [0.25, 0.3) is 0 Å². The van der Waals surface area contributed by atoms with Crippen molar-refractivity contribution in [2.24, 2.45) is 0 Å². The molecule has 3 heteroatoms. The van der Waals surface area contributed by atoms with Gasteiger partial charge in [0.1, 0.15) is 0 Å². The molecule has 0 fully saturated rings. The Morgan fingerprint density at radius 1 is 0.692 bits per heavy atom. The molecule has 0 radical (unpaired) electrons. The zero-order valence-electron chi connectivity index (χ0n) is 10.9. The molecule has 0 aliphatic rings. The number of rotatable bonds is 4. The quantitative estimate of drug-likeness (QED) is 0.599. The zero-order chi connectivity index (χ0) is 10.9. The van der Waals surface area contributed by atoms with E-state index < -0.39 is 44.9 Å². The van der Waals surface area contributed by atoms with Gasteiger partial charge < -0.3 is 0 Å². The van der Waals surface area contributed by atoms with Crippen LogP contribution in [0.2, 0.25) is 51.0 Å². The van der Waals surface area contributed by atoms with E-state index in [2.05, 4.69) is 44.4 Å². The normalized spacial score (nSPS) is 14.8. The molecular formula is C10H28Ge2Sn. The summed E-state index contributed by atoms with van der Waals surface area (Å²) in [5.41, 5.74) is 0. The summed E-state index contributed by atoms with van der Waals surface area (Å²) in [6.07, 6.45) is 0. The second-order valence-electron chi connectivity index (χ2n) is 7.64. The van der Waals surface area contributed by atoms with Crippen molar-refractivity contribution in [3.63, 3.8) is 0 Å². The van der Waals surface area contributed by atoms with Gasteiger partial charge in [0, 0.05) is 0 Å². The van der Waals surface area contributed by atoms with Gasteiger partial charge in [0.2, 0.25) is 0 Å². The molecule has 0 unspecified atom stereocenters. The van der Waals surface area contributed by atoms with Gasteiger partial charge in [0.15, 0.2) is 0 Å². The Labute approximate surface area is 94.8 Å². The summed E-state index contributed by atoms with van der Waals surface area (Å²) in [7, 11) is 0. The molecule has 13 heavy (non-hydrogen) atoms. The molecule has 0 bridgehead atoms. The maximum absolute atomic E-state index is 2.70. The van der Waals surface area contributed by atoms with E-state index in [4.69, 9.17) is 0 Å². The molecule has 0 aromatic carbocycles. The molecule has 0 spiro atoms. The third kappa shape index (κ3) is 10.2. The molecule has 0 N–H and O–H groups in total. The van der Waals surface area contributed by atoms with Crippen LogP contribution in [0.4, 0.5) is 0 Å².